The number of carbonyl (C=O) groups excluding carboxylic acids is 1. The number of hydrogen-bond acceptors (Lipinski definition) is 4. The minimum absolute atomic E-state index is 0.102. The summed E-state index contributed by atoms with van der Waals surface area (Å²) in [7, 11) is 0. The van der Waals surface area contributed by atoms with Gasteiger partial charge >= 0.3 is 0 Å². The molecule has 2 aromatic carbocycles. The second-order valence-electron chi connectivity index (χ2n) is 5.87. The van der Waals surface area contributed by atoms with Crippen molar-refractivity contribution in [3.63, 3.8) is 0 Å². The second kappa shape index (κ2) is 7.07. The third-order valence-corrected chi connectivity index (χ3v) is 5.28. The summed E-state index contributed by atoms with van der Waals surface area (Å²) in [6.45, 7) is 0. The highest BCUT2D eigenvalue weighted by Crippen LogP contribution is 2.26. The van der Waals surface area contributed by atoms with Gasteiger partial charge in [-0.05, 0) is 30.5 Å². The average Bonchev–Trinajstić information content (AvgIpc) is 3.08. The van der Waals surface area contributed by atoms with E-state index in [9.17, 15) is 4.79 Å². The number of thioether (sulfide) groups is 1. The van der Waals surface area contributed by atoms with Gasteiger partial charge in [0, 0.05) is 22.0 Å². The topological polar surface area (TPSA) is 54.4 Å². The number of hydrogen-bond donors (Lipinski definition) is 1. The monoisotopic (exact) mass is 347 g/mol. The zero-order valence-electron chi connectivity index (χ0n) is 13.6. The third-order valence-electron chi connectivity index (χ3n) is 4.23. The molecule has 0 unspecified atom stereocenters. The number of amides is 1. The summed E-state index contributed by atoms with van der Waals surface area (Å²) >= 11 is 1.48. The van der Waals surface area contributed by atoms with Gasteiger partial charge in [-0.1, -0.05) is 42.5 Å². The Morgan fingerprint density at radius 1 is 1.08 bits per heavy atom. The van der Waals surface area contributed by atoms with E-state index in [-0.39, 0.29) is 5.91 Å². The highest BCUT2D eigenvalue weighted by atomic mass is 32.2. The number of para-hydroxylation sites is 1. The fraction of sp³-hybridized carbons (Fsp3) is 0.150. The van der Waals surface area contributed by atoms with Gasteiger partial charge < -0.3 is 0 Å². The van der Waals surface area contributed by atoms with Crippen molar-refractivity contribution in [2.75, 3.05) is 5.75 Å². The van der Waals surface area contributed by atoms with Crippen LogP contribution in [0.2, 0.25) is 0 Å². The number of carbonyl (C=O) groups is 1. The molecule has 1 N–H and O–H groups in total. The lowest BCUT2D eigenvalue weighted by Gasteiger charge is -2.05. The maximum absolute atomic E-state index is 12.2. The lowest BCUT2D eigenvalue weighted by atomic mass is 10.1. The molecule has 0 saturated heterocycles. The Hall–Kier alpha value is -2.66. The van der Waals surface area contributed by atoms with E-state index in [4.69, 9.17) is 0 Å². The van der Waals surface area contributed by atoms with Gasteiger partial charge in [0.1, 0.15) is 0 Å². The summed E-state index contributed by atoms with van der Waals surface area (Å²) in [6, 6.07) is 18.2. The van der Waals surface area contributed by atoms with E-state index in [0.29, 0.717) is 5.75 Å². The van der Waals surface area contributed by atoms with Crippen molar-refractivity contribution in [2.45, 2.75) is 17.7 Å². The van der Waals surface area contributed by atoms with Gasteiger partial charge in [-0.15, -0.1) is 11.8 Å². The Labute approximate surface area is 150 Å². The minimum Gasteiger partial charge on any atom is -0.272 e. The first-order chi connectivity index (χ1) is 12.3. The van der Waals surface area contributed by atoms with E-state index in [0.717, 1.165) is 39.9 Å². The number of pyridine rings is 1. The van der Waals surface area contributed by atoms with Gasteiger partial charge in [-0.2, -0.15) is 5.10 Å². The van der Waals surface area contributed by atoms with Gasteiger partial charge in [-0.3, -0.25) is 9.78 Å². The summed E-state index contributed by atoms with van der Waals surface area (Å²) in [5.74, 6) is 0.212. The molecule has 0 atom stereocenters. The standard InChI is InChI=1S/C20H17N3OS/c24-19(23-22-17-11-10-14-5-1-2-8-16(14)17)13-25-18-9-3-6-15-7-4-12-21-20(15)18/h1-9,12H,10-11,13H2,(H,23,24)/b22-17-. The lowest BCUT2D eigenvalue weighted by Crippen LogP contribution is -2.21. The highest BCUT2D eigenvalue weighted by Gasteiger charge is 2.17. The van der Waals surface area contributed by atoms with Gasteiger partial charge in [-0.25, -0.2) is 5.43 Å². The predicted molar refractivity (Wildman–Crippen MR) is 102 cm³/mol. The Morgan fingerprint density at radius 3 is 2.92 bits per heavy atom. The van der Waals surface area contributed by atoms with Crippen LogP contribution in [0.4, 0.5) is 0 Å². The first kappa shape index (κ1) is 15.8. The molecule has 0 bridgehead atoms. The van der Waals surface area contributed by atoms with Crippen LogP contribution < -0.4 is 5.43 Å². The minimum atomic E-state index is -0.102. The Kier molecular flexibility index (Phi) is 4.48. The van der Waals surface area contributed by atoms with E-state index >= 15 is 0 Å². The molecule has 1 aliphatic rings. The van der Waals surface area contributed by atoms with Crippen molar-refractivity contribution >= 4 is 34.3 Å². The van der Waals surface area contributed by atoms with Crippen LogP contribution >= 0.6 is 11.8 Å². The van der Waals surface area contributed by atoms with Gasteiger partial charge in [0.05, 0.1) is 17.0 Å². The Morgan fingerprint density at radius 2 is 1.96 bits per heavy atom. The highest BCUT2D eigenvalue weighted by molar-refractivity contribution is 8.00. The fourth-order valence-corrected chi connectivity index (χ4v) is 3.86. The van der Waals surface area contributed by atoms with Crippen molar-refractivity contribution in [3.8, 4) is 0 Å². The van der Waals surface area contributed by atoms with E-state index in [1.165, 1.54) is 17.3 Å². The molecule has 124 valence electrons. The van der Waals surface area contributed by atoms with Crippen LogP contribution in [0.1, 0.15) is 17.5 Å². The Bertz CT molecular complexity index is 963. The molecule has 4 nitrogen and oxygen atoms in total. The summed E-state index contributed by atoms with van der Waals surface area (Å²) in [6.07, 6.45) is 3.64. The fourth-order valence-electron chi connectivity index (χ4n) is 3.02. The number of nitrogens with zero attached hydrogens (tertiary/aromatic N) is 2. The van der Waals surface area contributed by atoms with Gasteiger partial charge in [0.2, 0.25) is 5.91 Å². The van der Waals surface area contributed by atoms with Crippen LogP contribution in [0.25, 0.3) is 10.9 Å². The lowest BCUT2D eigenvalue weighted by molar-refractivity contribution is -0.118. The van der Waals surface area contributed by atoms with E-state index < -0.39 is 0 Å². The smallest absolute Gasteiger partial charge is 0.250 e. The molecule has 1 heterocycles. The van der Waals surface area contributed by atoms with Crippen molar-refractivity contribution in [1.29, 1.82) is 0 Å². The van der Waals surface area contributed by atoms with Gasteiger partial charge in [0.25, 0.3) is 0 Å². The zero-order valence-corrected chi connectivity index (χ0v) is 14.4. The van der Waals surface area contributed by atoms with Crippen LogP contribution in [-0.2, 0) is 11.2 Å². The molecule has 1 aromatic heterocycles. The number of rotatable bonds is 4. The molecule has 1 amide bonds. The maximum Gasteiger partial charge on any atom is 0.250 e. The summed E-state index contributed by atoms with van der Waals surface area (Å²) in [5.41, 5.74) is 7.02. The summed E-state index contributed by atoms with van der Waals surface area (Å²) in [4.78, 5) is 17.6. The SMILES string of the molecule is O=C(CSc1cccc2cccnc12)N/N=C1/CCc2ccccc21. The molecule has 0 spiro atoms. The molecule has 25 heavy (non-hydrogen) atoms. The van der Waals surface area contributed by atoms with Crippen LogP contribution in [0, 0.1) is 0 Å². The number of benzene rings is 2. The van der Waals surface area contributed by atoms with Crippen molar-refractivity contribution in [3.05, 3.63) is 71.9 Å². The van der Waals surface area contributed by atoms with Crippen LogP contribution in [0.5, 0.6) is 0 Å². The van der Waals surface area contributed by atoms with E-state index in [1.54, 1.807) is 6.20 Å². The van der Waals surface area contributed by atoms with Crippen molar-refractivity contribution < 1.29 is 4.79 Å². The summed E-state index contributed by atoms with van der Waals surface area (Å²) in [5, 5.41) is 5.41. The van der Waals surface area contributed by atoms with Crippen molar-refractivity contribution in [1.82, 2.24) is 10.4 Å². The Balaban J connectivity index is 1.41. The molecule has 0 fully saturated rings. The van der Waals surface area contributed by atoms with Crippen molar-refractivity contribution in [2.24, 2.45) is 5.10 Å². The summed E-state index contributed by atoms with van der Waals surface area (Å²) < 4.78 is 0. The molecule has 5 heteroatoms. The molecule has 4 rings (SSSR count). The van der Waals surface area contributed by atoms with Crippen LogP contribution in [-0.4, -0.2) is 22.4 Å². The van der Waals surface area contributed by atoms with E-state index in [2.05, 4.69) is 27.6 Å². The third kappa shape index (κ3) is 3.42. The number of aryl methyl sites for hydroxylation is 1. The quantitative estimate of drug-likeness (QED) is 0.577. The average molecular weight is 347 g/mol. The predicted octanol–water partition coefficient (Wildman–Crippen LogP) is 3.79. The molecule has 0 saturated carbocycles. The first-order valence-electron chi connectivity index (χ1n) is 8.21. The molecule has 1 aliphatic carbocycles. The zero-order chi connectivity index (χ0) is 17.1. The van der Waals surface area contributed by atoms with E-state index in [1.807, 2.05) is 42.5 Å². The van der Waals surface area contributed by atoms with Crippen LogP contribution in [0.3, 0.4) is 0 Å². The normalized spacial score (nSPS) is 14.6. The molecule has 3 aromatic rings. The molecular weight excluding hydrogens is 330 g/mol. The number of fused-ring (bicyclic) bond motifs is 2. The maximum atomic E-state index is 12.2. The second-order valence-corrected chi connectivity index (χ2v) is 6.89. The molecule has 0 aliphatic heterocycles. The largest absolute Gasteiger partial charge is 0.272 e. The number of nitrogens with one attached hydrogen (secondary N) is 1. The molecular formula is C20H17N3OS. The van der Waals surface area contributed by atoms with Crippen LogP contribution in [0.15, 0.2) is 70.8 Å². The number of hydrazone groups is 1. The number of aromatic nitrogens is 1. The van der Waals surface area contributed by atoms with Gasteiger partial charge in [0.15, 0.2) is 0 Å². The first-order valence-corrected chi connectivity index (χ1v) is 9.20. The molecule has 0 radical (unpaired) electrons.